The first kappa shape index (κ1) is 14.8. The van der Waals surface area contributed by atoms with Gasteiger partial charge in [0.25, 0.3) is 5.91 Å². The zero-order valence-electron chi connectivity index (χ0n) is 12.7. The Kier molecular flexibility index (Phi) is 4.38. The molecular formula is C18H17N3O2. The van der Waals surface area contributed by atoms with Crippen molar-refractivity contribution in [2.45, 2.75) is 13.0 Å². The van der Waals surface area contributed by atoms with Crippen LogP contribution in [0.25, 0.3) is 0 Å². The lowest BCUT2D eigenvalue weighted by molar-refractivity contribution is -0.117. The Bertz CT molecular complexity index is 769. The fraction of sp³-hybridized carbons (Fsp3) is 0.111. The van der Waals surface area contributed by atoms with Crippen LogP contribution in [0.15, 0.2) is 71.3 Å². The molecule has 0 aliphatic heterocycles. The standard InChI is InChI=1S/C18H17N3O2/c1-13-12-16(21-23-13)20-18(22)17(14-8-4-2-5-9-14)19-15-10-6-3-7-11-15/h2-12,17,19H,1H3,(H,20,21,22). The Hall–Kier alpha value is -3.08. The number of nitrogens with one attached hydrogen (secondary N) is 2. The summed E-state index contributed by atoms with van der Waals surface area (Å²) in [5.74, 6) is 0.851. The van der Waals surface area contributed by atoms with E-state index < -0.39 is 6.04 Å². The number of hydrogen-bond donors (Lipinski definition) is 2. The van der Waals surface area contributed by atoms with Gasteiger partial charge < -0.3 is 15.2 Å². The quantitative estimate of drug-likeness (QED) is 0.753. The van der Waals surface area contributed by atoms with Crippen molar-refractivity contribution in [3.63, 3.8) is 0 Å². The molecule has 1 aromatic heterocycles. The van der Waals surface area contributed by atoms with Crippen LogP contribution in [0.2, 0.25) is 0 Å². The van der Waals surface area contributed by atoms with E-state index in [0.717, 1.165) is 11.3 Å². The van der Waals surface area contributed by atoms with Crippen molar-refractivity contribution in [3.05, 3.63) is 78.1 Å². The first-order valence-corrected chi connectivity index (χ1v) is 7.33. The van der Waals surface area contributed by atoms with E-state index in [0.29, 0.717) is 11.6 Å². The number of rotatable bonds is 5. The van der Waals surface area contributed by atoms with Crippen LogP contribution < -0.4 is 10.6 Å². The van der Waals surface area contributed by atoms with Crippen molar-refractivity contribution in [2.24, 2.45) is 0 Å². The smallest absolute Gasteiger partial charge is 0.252 e. The average Bonchev–Trinajstić information content (AvgIpc) is 2.99. The molecule has 1 amide bonds. The molecule has 1 unspecified atom stereocenters. The third kappa shape index (κ3) is 3.77. The Morgan fingerprint density at radius 3 is 2.30 bits per heavy atom. The highest BCUT2D eigenvalue weighted by Crippen LogP contribution is 2.21. The van der Waals surface area contributed by atoms with E-state index in [1.807, 2.05) is 60.7 Å². The van der Waals surface area contributed by atoms with Crippen LogP contribution in [0, 0.1) is 6.92 Å². The topological polar surface area (TPSA) is 67.2 Å². The maximum absolute atomic E-state index is 12.7. The van der Waals surface area contributed by atoms with Gasteiger partial charge in [-0.15, -0.1) is 0 Å². The van der Waals surface area contributed by atoms with E-state index in [-0.39, 0.29) is 5.91 Å². The van der Waals surface area contributed by atoms with Crippen molar-refractivity contribution in [3.8, 4) is 0 Å². The number of benzene rings is 2. The molecule has 116 valence electrons. The van der Waals surface area contributed by atoms with Gasteiger partial charge in [-0.25, -0.2) is 0 Å². The van der Waals surface area contributed by atoms with Gasteiger partial charge in [0, 0.05) is 11.8 Å². The van der Waals surface area contributed by atoms with Crippen molar-refractivity contribution in [1.29, 1.82) is 0 Å². The lowest BCUT2D eigenvalue weighted by atomic mass is 10.1. The number of carbonyl (C=O) groups excluding carboxylic acids is 1. The highest BCUT2D eigenvalue weighted by Gasteiger charge is 2.21. The van der Waals surface area contributed by atoms with Gasteiger partial charge in [0.2, 0.25) is 0 Å². The Labute approximate surface area is 134 Å². The van der Waals surface area contributed by atoms with Gasteiger partial charge in [0.1, 0.15) is 11.8 Å². The monoisotopic (exact) mass is 307 g/mol. The van der Waals surface area contributed by atoms with Crippen LogP contribution in [0.5, 0.6) is 0 Å². The summed E-state index contributed by atoms with van der Waals surface area (Å²) in [5, 5.41) is 9.83. The second-order valence-electron chi connectivity index (χ2n) is 5.17. The number of aryl methyl sites for hydroxylation is 1. The first-order chi connectivity index (χ1) is 11.2. The summed E-state index contributed by atoms with van der Waals surface area (Å²) in [6.45, 7) is 1.78. The second-order valence-corrected chi connectivity index (χ2v) is 5.17. The molecular weight excluding hydrogens is 290 g/mol. The molecule has 3 rings (SSSR count). The average molecular weight is 307 g/mol. The highest BCUT2D eigenvalue weighted by atomic mass is 16.5. The Morgan fingerprint density at radius 1 is 1.04 bits per heavy atom. The summed E-state index contributed by atoms with van der Waals surface area (Å²) in [5.41, 5.74) is 1.74. The molecule has 0 aliphatic rings. The second kappa shape index (κ2) is 6.79. The molecule has 0 saturated heterocycles. The van der Waals surface area contributed by atoms with Crippen LogP contribution >= 0.6 is 0 Å². The van der Waals surface area contributed by atoms with Gasteiger partial charge in [0.15, 0.2) is 5.82 Å². The van der Waals surface area contributed by atoms with Crippen LogP contribution in [0.3, 0.4) is 0 Å². The van der Waals surface area contributed by atoms with Crippen molar-refractivity contribution in [1.82, 2.24) is 5.16 Å². The van der Waals surface area contributed by atoms with Gasteiger partial charge in [-0.05, 0) is 24.6 Å². The Morgan fingerprint density at radius 2 is 1.70 bits per heavy atom. The molecule has 0 bridgehead atoms. The number of anilines is 2. The summed E-state index contributed by atoms with van der Waals surface area (Å²) in [4.78, 5) is 12.7. The summed E-state index contributed by atoms with van der Waals surface area (Å²) in [6.07, 6.45) is 0. The maximum atomic E-state index is 12.7. The van der Waals surface area contributed by atoms with Gasteiger partial charge >= 0.3 is 0 Å². The van der Waals surface area contributed by atoms with Crippen molar-refractivity contribution < 1.29 is 9.32 Å². The van der Waals surface area contributed by atoms with E-state index >= 15 is 0 Å². The predicted molar refractivity (Wildman–Crippen MR) is 89.1 cm³/mol. The maximum Gasteiger partial charge on any atom is 0.252 e. The molecule has 1 atom stereocenters. The molecule has 0 radical (unpaired) electrons. The summed E-state index contributed by atoms with van der Waals surface area (Å²) in [7, 11) is 0. The number of amides is 1. The normalized spacial score (nSPS) is 11.7. The van der Waals surface area contributed by atoms with Crippen molar-refractivity contribution >= 4 is 17.4 Å². The van der Waals surface area contributed by atoms with E-state index in [4.69, 9.17) is 4.52 Å². The SMILES string of the molecule is Cc1cc(NC(=O)C(Nc2ccccc2)c2ccccc2)no1. The number of para-hydroxylation sites is 1. The van der Waals surface area contributed by atoms with Crippen LogP contribution in [-0.4, -0.2) is 11.1 Å². The molecule has 5 heteroatoms. The largest absolute Gasteiger partial charge is 0.370 e. The number of carbonyl (C=O) groups is 1. The number of hydrogen-bond acceptors (Lipinski definition) is 4. The minimum atomic E-state index is -0.532. The minimum absolute atomic E-state index is 0.201. The lowest BCUT2D eigenvalue weighted by Crippen LogP contribution is -2.27. The molecule has 1 heterocycles. The lowest BCUT2D eigenvalue weighted by Gasteiger charge is -2.19. The predicted octanol–water partition coefficient (Wildman–Crippen LogP) is 3.77. The Balaban J connectivity index is 1.84. The van der Waals surface area contributed by atoms with Gasteiger partial charge in [-0.2, -0.15) is 0 Å². The van der Waals surface area contributed by atoms with Crippen LogP contribution in [-0.2, 0) is 4.79 Å². The highest BCUT2D eigenvalue weighted by molar-refractivity contribution is 5.96. The molecule has 0 fully saturated rings. The minimum Gasteiger partial charge on any atom is -0.370 e. The van der Waals surface area contributed by atoms with Crippen LogP contribution in [0.1, 0.15) is 17.4 Å². The zero-order chi connectivity index (χ0) is 16.1. The molecule has 0 spiro atoms. The van der Waals surface area contributed by atoms with E-state index in [1.165, 1.54) is 0 Å². The zero-order valence-corrected chi connectivity index (χ0v) is 12.7. The van der Waals surface area contributed by atoms with Crippen molar-refractivity contribution in [2.75, 3.05) is 10.6 Å². The molecule has 0 saturated carbocycles. The summed E-state index contributed by atoms with van der Waals surface area (Å²) < 4.78 is 4.98. The fourth-order valence-electron chi connectivity index (χ4n) is 2.27. The summed E-state index contributed by atoms with van der Waals surface area (Å²) >= 11 is 0. The number of aromatic nitrogens is 1. The van der Waals surface area contributed by atoms with Gasteiger partial charge in [0.05, 0.1) is 0 Å². The molecule has 5 nitrogen and oxygen atoms in total. The molecule has 0 aliphatic carbocycles. The molecule has 2 aromatic carbocycles. The van der Waals surface area contributed by atoms with Crippen LogP contribution in [0.4, 0.5) is 11.5 Å². The molecule has 23 heavy (non-hydrogen) atoms. The summed E-state index contributed by atoms with van der Waals surface area (Å²) in [6, 6.07) is 20.3. The van der Waals surface area contributed by atoms with Gasteiger partial charge in [-0.3, -0.25) is 4.79 Å². The third-order valence-corrected chi connectivity index (χ3v) is 3.36. The molecule has 2 N–H and O–H groups in total. The van der Waals surface area contributed by atoms with E-state index in [9.17, 15) is 4.79 Å². The molecule has 3 aromatic rings. The third-order valence-electron chi connectivity index (χ3n) is 3.36. The van der Waals surface area contributed by atoms with E-state index in [1.54, 1.807) is 13.0 Å². The van der Waals surface area contributed by atoms with Gasteiger partial charge in [-0.1, -0.05) is 53.7 Å². The van der Waals surface area contributed by atoms with E-state index in [2.05, 4.69) is 15.8 Å². The first-order valence-electron chi connectivity index (χ1n) is 7.33. The number of nitrogens with zero attached hydrogens (tertiary/aromatic N) is 1. The fourth-order valence-corrected chi connectivity index (χ4v) is 2.27.